The number of furan rings is 1. The number of aromatic nitrogens is 2. The Labute approximate surface area is 159 Å². The molecule has 0 aliphatic rings. The molecule has 6 nitrogen and oxygen atoms in total. The highest BCUT2D eigenvalue weighted by Crippen LogP contribution is 2.29. The minimum atomic E-state index is -0.261. The van der Waals surface area contributed by atoms with Crippen LogP contribution < -0.4 is 5.32 Å². The van der Waals surface area contributed by atoms with E-state index in [1.165, 1.54) is 0 Å². The number of amides is 1. The van der Waals surface area contributed by atoms with Gasteiger partial charge < -0.3 is 14.3 Å². The van der Waals surface area contributed by atoms with E-state index >= 15 is 0 Å². The third-order valence-electron chi connectivity index (χ3n) is 4.67. The zero-order valence-corrected chi connectivity index (χ0v) is 15.0. The molecule has 3 heterocycles. The summed E-state index contributed by atoms with van der Waals surface area (Å²) in [6, 6.07) is 19.0. The maximum atomic E-state index is 13.2. The third kappa shape index (κ3) is 2.63. The lowest BCUT2D eigenvalue weighted by atomic mass is 10.1. The summed E-state index contributed by atoms with van der Waals surface area (Å²) in [6.07, 6.45) is 1.56. The van der Waals surface area contributed by atoms with Crippen molar-refractivity contribution in [3.63, 3.8) is 0 Å². The fourth-order valence-corrected chi connectivity index (χ4v) is 3.35. The normalized spacial score (nSPS) is 11.2. The van der Waals surface area contributed by atoms with Crippen molar-refractivity contribution in [3.8, 4) is 11.5 Å². The van der Waals surface area contributed by atoms with Crippen LogP contribution in [0.15, 0.2) is 75.9 Å². The van der Waals surface area contributed by atoms with Gasteiger partial charge in [-0.05, 0) is 36.6 Å². The number of anilines is 1. The third-order valence-corrected chi connectivity index (χ3v) is 4.67. The standard InChI is InChI=1S/C22H15N3O3/c1-13-20-16(12-18(19-10-5-11-27-19)24-22(20)28-25-13)21(26)23-17-9-4-7-14-6-2-3-8-15(14)17/h2-12H,1H3,(H,23,26). The number of rotatable bonds is 3. The number of nitrogens with one attached hydrogen (secondary N) is 1. The van der Waals surface area contributed by atoms with Crippen LogP contribution in [-0.2, 0) is 0 Å². The van der Waals surface area contributed by atoms with Gasteiger partial charge in [0.25, 0.3) is 11.6 Å². The van der Waals surface area contributed by atoms with Gasteiger partial charge in [0.05, 0.1) is 22.9 Å². The van der Waals surface area contributed by atoms with Gasteiger partial charge in [0, 0.05) is 11.1 Å². The molecule has 5 aromatic rings. The highest BCUT2D eigenvalue weighted by molar-refractivity contribution is 6.15. The highest BCUT2D eigenvalue weighted by atomic mass is 16.5. The average molecular weight is 369 g/mol. The Bertz CT molecular complexity index is 1310. The smallest absolute Gasteiger partial charge is 0.259 e. The zero-order valence-electron chi connectivity index (χ0n) is 15.0. The first-order valence-electron chi connectivity index (χ1n) is 8.81. The van der Waals surface area contributed by atoms with Crippen LogP contribution in [0.3, 0.4) is 0 Å². The van der Waals surface area contributed by atoms with E-state index in [-0.39, 0.29) is 5.91 Å². The van der Waals surface area contributed by atoms with Gasteiger partial charge in [0.15, 0.2) is 5.76 Å². The predicted molar refractivity (Wildman–Crippen MR) is 106 cm³/mol. The number of carbonyl (C=O) groups excluding carboxylic acids is 1. The van der Waals surface area contributed by atoms with E-state index in [2.05, 4.69) is 15.5 Å². The Morgan fingerprint density at radius 3 is 2.75 bits per heavy atom. The van der Waals surface area contributed by atoms with Crippen molar-refractivity contribution in [2.24, 2.45) is 0 Å². The summed E-state index contributed by atoms with van der Waals surface area (Å²) >= 11 is 0. The van der Waals surface area contributed by atoms with Crippen molar-refractivity contribution < 1.29 is 13.7 Å². The van der Waals surface area contributed by atoms with Crippen LogP contribution >= 0.6 is 0 Å². The van der Waals surface area contributed by atoms with Crippen LogP contribution in [0, 0.1) is 6.92 Å². The lowest BCUT2D eigenvalue weighted by molar-refractivity contribution is 0.102. The van der Waals surface area contributed by atoms with Crippen LogP contribution in [0.2, 0.25) is 0 Å². The largest absolute Gasteiger partial charge is 0.463 e. The molecule has 0 saturated carbocycles. The monoisotopic (exact) mass is 369 g/mol. The summed E-state index contributed by atoms with van der Waals surface area (Å²) < 4.78 is 10.7. The Hall–Kier alpha value is -3.93. The van der Waals surface area contributed by atoms with Crippen LogP contribution in [0.25, 0.3) is 33.3 Å². The Morgan fingerprint density at radius 2 is 1.89 bits per heavy atom. The van der Waals surface area contributed by atoms with Gasteiger partial charge >= 0.3 is 0 Å². The molecule has 0 aliphatic heterocycles. The summed E-state index contributed by atoms with van der Waals surface area (Å²) in [5.41, 5.74) is 2.59. The van der Waals surface area contributed by atoms with Crippen molar-refractivity contribution >= 4 is 33.5 Å². The van der Waals surface area contributed by atoms with Crippen molar-refractivity contribution in [2.45, 2.75) is 6.92 Å². The van der Waals surface area contributed by atoms with Gasteiger partial charge in [0.2, 0.25) is 0 Å². The molecule has 136 valence electrons. The van der Waals surface area contributed by atoms with Crippen molar-refractivity contribution in [2.75, 3.05) is 5.32 Å². The summed E-state index contributed by atoms with van der Waals surface area (Å²) in [5, 5.41) is 9.60. The molecule has 0 saturated heterocycles. The molecule has 1 N–H and O–H groups in total. The molecular formula is C22H15N3O3. The molecule has 1 amide bonds. The molecule has 0 fully saturated rings. The van der Waals surface area contributed by atoms with Crippen LogP contribution in [0.1, 0.15) is 16.1 Å². The zero-order chi connectivity index (χ0) is 19.1. The summed E-state index contributed by atoms with van der Waals surface area (Å²) in [6.45, 7) is 1.79. The topological polar surface area (TPSA) is 81.2 Å². The van der Waals surface area contributed by atoms with Gasteiger partial charge in [-0.3, -0.25) is 4.79 Å². The molecule has 0 spiro atoms. The van der Waals surface area contributed by atoms with E-state index in [1.807, 2.05) is 42.5 Å². The Kier molecular flexibility index (Phi) is 3.69. The second-order valence-electron chi connectivity index (χ2n) is 6.46. The summed E-state index contributed by atoms with van der Waals surface area (Å²) in [5.74, 6) is 0.290. The number of hydrogen-bond donors (Lipinski definition) is 1. The van der Waals surface area contributed by atoms with Gasteiger partial charge in [0.1, 0.15) is 5.69 Å². The number of hydrogen-bond acceptors (Lipinski definition) is 5. The molecule has 0 radical (unpaired) electrons. The van der Waals surface area contributed by atoms with Crippen molar-refractivity contribution in [1.29, 1.82) is 0 Å². The van der Waals surface area contributed by atoms with E-state index in [9.17, 15) is 4.79 Å². The lowest BCUT2D eigenvalue weighted by Gasteiger charge is -2.10. The molecule has 28 heavy (non-hydrogen) atoms. The molecule has 0 aliphatic carbocycles. The van der Waals surface area contributed by atoms with Crippen LogP contribution in [-0.4, -0.2) is 16.0 Å². The van der Waals surface area contributed by atoms with E-state index in [0.717, 1.165) is 16.5 Å². The number of benzene rings is 2. The SMILES string of the molecule is Cc1noc2nc(-c3ccco3)cc(C(=O)Nc3cccc4ccccc34)c12. The van der Waals surface area contributed by atoms with Crippen LogP contribution in [0.5, 0.6) is 0 Å². The van der Waals surface area contributed by atoms with Gasteiger partial charge in [-0.2, -0.15) is 0 Å². The molecular weight excluding hydrogens is 354 g/mol. The summed E-state index contributed by atoms with van der Waals surface area (Å²) in [4.78, 5) is 17.6. The number of aryl methyl sites for hydroxylation is 1. The van der Waals surface area contributed by atoms with E-state index in [0.29, 0.717) is 33.8 Å². The van der Waals surface area contributed by atoms with E-state index in [4.69, 9.17) is 8.94 Å². The Morgan fingerprint density at radius 1 is 1.04 bits per heavy atom. The molecule has 0 bridgehead atoms. The Balaban J connectivity index is 1.63. The number of nitrogens with zero attached hydrogens (tertiary/aromatic N) is 2. The van der Waals surface area contributed by atoms with Gasteiger partial charge in [-0.15, -0.1) is 0 Å². The maximum Gasteiger partial charge on any atom is 0.259 e. The summed E-state index contributed by atoms with van der Waals surface area (Å²) in [7, 11) is 0. The average Bonchev–Trinajstić information content (AvgIpc) is 3.38. The van der Waals surface area contributed by atoms with Gasteiger partial charge in [-0.25, -0.2) is 4.98 Å². The fraction of sp³-hybridized carbons (Fsp3) is 0.0455. The molecule has 6 heteroatoms. The second kappa shape index (κ2) is 6.35. The minimum Gasteiger partial charge on any atom is -0.463 e. The minimum absolute atomic E-state index is 0.261. The van der Waals surface area contributed by atoms with Gasteiger partial charge in [-0.1, -0.05) is 41.6 Å². The number of pyridine rings is 1. The predicted octanol–water partition coefficient (Wildman–Crippen LogP) is 5.20. The van der Waals surface area contributed by atoms with Crippen LogP contribution in [0.4, 0.5) is 5.69 Å². The van der Waals surface area contributed by atoms with Crippen molar-refractivity contribution in [3.05, 3.63) is 78.2 Å². The molecule has 3 aromatic heterocycles. The van der Waals surface area contributed by atoms with Crippen molar-refractivity contribution in [1.82, 2.24) is 10.1 Å². The first-order valence-corrected chi connectivity index (χ1v) is 8.81. The lowest BCUT2D eigenvalue weighted by Crippen LogP contribution is -2.13. The first kappa shape index (κ1) is 16.3. The molecule has 0 atom stereocenters. The quantitative estimate of drug-likeness (QED) is 0.473. The molecule has 2 aromatic carbocycles. The van der Waals surface area contributed by atoms with E-state index in [1.54, 1.807) is 31.4 Å². The second-order valence-corrected chi connectivity index (χ2v) is 6.46. The van der Waals surface area contributed by atoms with E-state index < -0.39 is 0 Å². The molecule has 5 rings (SSSR count). The highest BCUT2D eigenvalue weighted by Gasteiger charge is 2.20. The number of carbonyl (C=O) groups is 1. The first-order chi connectivity index (χ1) is 13.7. The maximum absolute atomic E-state index is 13.2. The molecule has 0 unspecified atom stereocenters. The number of fused-ring (bicyclic) bond motifs is 2. The fourth-order valence-electron chi connectivity index (χ4n) is 3.35.